The number of benzene rings is 2. The molecule has 0 spiro atoms. The third-order valence-corrected chi connectivity index (χ3v) is 4.94. The van der Waals surface area contributed by atoms with Crippen LogP contribution < -0.4 is 14.8 Å². The minimum Gasteiger partial charge on any atom is -0.495 e. The molecule has 1 atom stereocenters. The summed E-state index contributed by atoms with van der Waals surface area (Å²) < 4.78 is 10.5. The fourth-order valence-corrected chi connectivity index (χ4v) is 3.63. The number of hydrogen-bond donors (Lipinski definition) is 1. The molecule has 0 aliphatic carbocycles. The molecule has 1 amide bonds. The van der Waals surface area contributed by atoms with E-state index in [1.165, 1.54) is 12.7 Å². The number of amides is 1. The molecule has 3 rings (SSSR count). The molecule has 0 aromatic heterocycles. The third kappa shape index (κ3) is 4.11. The van der Waals surface area contributed by atoms with E-state index in [0.717, 1.165) is 19.4 Å². The average molecular weight is 375 g/mol. The van der Waals surface area contributed by atoms with Gasteiger partial charge in [-0.2, -0.15) is 0 Å². The van der Waals surface area contributed by atoms with Gasteiger partial charge in [-0.05, 0) is 24.9 Å². The summed E-state index contributed by atoms with van der Waals surface area (Å²) in [5.41, 5.74) is 1.80. The number of anilines is 1. The van der Waals surface area contributed by atoms with Gasteiger partial charge in [-0.15, -0.1) is 0 Å². The number of methoxy groups -OCH3 is 2. The Morgan fingerprint density at radius 1 is 1.19 bits per heavy atom. The number of halogens is 1. The van der Waals surface area contributed by atoms with Crippen molar-refractivity contribution < 1.29 is 14.3 Å². The lowest BCUT2D eigenvalue weighted by atomic mass is 10.0. The normalized spacial score (nSPS) is 17.1. The highest BCUT2D eigenvalue weighted by Gasteiger charge is 2.27. The van der Waals surface area contributed by atoms with Gasteiger partial charge in [0.25, 0.3) is 0 Å². The highest BCUT2D eigenvalue weighted by molar-refractivity contribution is 6.32. The van der Waals surface area contributed by atoms with Crippen LogP contribution in [0.1, 0.15) is 24.4 Å². The molecule has 0 radical (unpaired) electrons. The summed E-state index contributed by atoms with van der Waals surface area (Å²) in [6, 6.07) is 13.9. The van der Waals surface area contributed by atoms with Gasteiger partial charge in [-0.1, -0.05) is 41.9 Å². The van der Waals surface area contributed by atoms with Crippen LogP contribution in [-0.2, 0) is 4.79 Å². The van der Waals surface area contributed by atoms with E-state index in [0.29, 0.717) is 28.8 Å². The zero-order chi connectivity index (χ0) is 18.5. The number of carbonyl (C=O) groups excluding carboxylic acids is 1. The van der Waals surface area contributed by atoms with Crippen molar-refractivity contribution in [3.05, 3.63) is 53.1 Å². The van der Waals surface area contributed by atoms with Crippen molar-refractivity contribution in [3.8, 4) is 11.5 Å². The summed E-state index contributed by atoms with van der Waals surface area (Å²) in [6.07, 6.45) is 2.15. The molecule has 2 aromatic carbocycles. The van der Waals surface area contributed by atoms with E-state index >= 15 is 0 Å². The van der Waals surface area contributed by atoms with Crippen LogP contribution in [0.25, 0.3) is 0 Å². The standard InChI is InChI=1S/C20H23ClN2O3/c1-25-18-12-16(19(26-2)11-15(18)21)22-20(24)13-23-10-6-9-17(23)14-7-4-3-5-8-14/h3-5,7-8,11-12,17H,6,9-10,13H2,1-2H3,(H,22,24)/t17-/m1/s1. The number of hydrogen-bond acceptors (Lipinski definition) is 4. The summed E-state index contributed by atoms with van der Waals surface area (Å²) in [5, 5.41) is 3.35. The van der Waals surface area contributed by atoms with Gasteiger partial charge in [0.15, 0.2) is 0 Å². The molecule has 0 bridgehead atoms. The minimum absolute atomic E-state index is 0.0875. The van der Waals surface area contributed by atoms with Crippen molar-refractivity contribution in [2.45, 2.75) is 18.9 Å². The third-order valence-electron chi connectivity index (χ3n) is 4.64. The van der Waals surface area contributed by atoms with Crippen LogP contribution in [0, 0.1) is 0 Å². The van der Waals surface area contributed by atoms with Gasteiger partial charge in [-0.25, -0.2) is 0 Å². The quantitative estimate of drug-likeness (QED) is 0.825. The Balaban J connectivity index is 1.71. The van der Waals surface area contributed by atoms with E-state index in [1.54, 1.807) is 19.2 Å². The molecule has 2 aromatic rings. The fraction of sp³-hybridized carbons (Fsp3) is 0.350. The largest absolute Gasteiger partial charge is 0.495 e. The molecule has 138 valence electrons. The fourth-order valence-electron chi connectivity index (χ4n) is 3.40. The van der Waals surface area contributed by atoms with E-state index in [2.05, 4.69) is 22.3 Å². The first-order valence-corrected chi connectivity index (χ1v) is 9.00. The Morgan fingerprint density at radius 2 is 1.92 bits per heavy atom. The highest BCUT2D eigenvalue weighted by Crippen LogP contribution is 2.36. The van der Waals surface area contributed by atoms with Crippen molar-refractivity contribution in [3.63, 3.8) is 0 Å². The van der Waals surface area contributed by atoms with Gasteiger partial charge < -0.3 is 14.8 Å². The summed E-state index contributed by atoms with van der Waals surface area (Å²) in [5.74, 6) is 0.909. The molecule has 6 heteroatoms. The molecule has 1 aliphatic heterocycles. The van der Waals surface area contributed by atoms with Crippen LogP contribution in [0.4, 0.5) is 5.69 Å². The van der Waals surface area contributed by atoms with Gasteiger partial charge in [0.05, 0.1) is 31.5 Å². The zero-order valence-corrected chi connectivity index (χ0v) is 15.8. The van der Waals surface area contributed by atoms with E-state index in [1.807, 2.05) is 18.2 Å². The molecule has 1 fully saturated rings. The lowest BCUT2D eigenvalue weighted by molar-refractivity contribution is -0.117. The lowest BCUT2D eigenvalue weighted by Crippen LogP contribution is -2.33. The maximum absolute atomic E-state index is 12.6. The summed E-state index contributed by atoms with van der Waals surface area (Å²) in [6.45, 7) is 1.24. The Morgan fingerprint density at radius 3 is 2.62 bits per heavy atom. The number of likely N-dealkylation sites (tertiary alicyclic amines) is 1. The first-order chi connectivity index (χ1) is 12.6. The van der Waals surface area contributed by atoms with E-state index in [4.69, 9.17) is 21.1 Å². The number of nitrogens with one attached hydrogen (secondary N) is 1. The predicted octanol–water partition coefficient (Wildman–Crippen LogP) is 4.13. The number of carbonyl (C=O) groups is 1. The summed E-state index contributed by atoms with van der Waals surface area (Å²) >= 11 is 6.12. The summed E-state index contributed by atoms with van der Waals surface area (Å²) in [7, 11) is 3.08. The van der Waals surface area contributed by atoms with Gasteiger partial charge in [0.2, 0.25) is 5.91 Å². The van der Waals surface area contributed by atoms with Crippen molar-refractivity contribution in [1.82, 2.24) is 4.90 Å². The van der Waals surface area contributed by atoms with E-state index in [-0.39, 0.29) is 11.9 Å². The second kappa shape index (κ2) is 8.43. The van der Waals surface area contributed by atoms with Crippen LogP contribution in [0.3, 0.4) is 0 Å². The molecule has 1 N–H and O–H groups in total. The molecule has 1 saturated heterocycles. The van der Waals surface area contributed by atoms with Crippen molar-refractivity contribution >= 4 is 23.2 Å². The van der Waals surface area contributed by atoms with Crippen molar-refractivity contribution in [2.75, 3.05) is 32.6 Å². The Kier molecular flexibility index (Phi) is 6.01. The number of rotatable bonds is 6. The minimum atomic E-state index is -0.0875. The van der Waals surface area contributed by atoms with Gasteiger partial charge >= 0.3 is 0 Å². The maximum atomic E-state index is 12.6. The summed E-state index contributed by atoms with van der Waals surface area (Å²) in [4.78, 5) is 14.8. The molecule has 26 heavy (non-hydrogen) atoms. The van der Waals surface area contributed by atoms with Crippen LogP contribution in [0.2, 0.25) is 5.02 Å². The first kappa shape index (κ1) is 18.5. The molecule has 0 unspecified atom stereocenters. The second-order valence-corrected chi connectivity index (χ2v) is 6.68. The Labute approximate surface area is 158 Å². The molecular weight excluding hydrogens is 352 g/mol. The monoisotopic (exact) mass is 374 g/mol. The Bertz CT molecular complexity index is 767. The molecule has 0 saturated carbocycles. The van der Waals surface area contributed by atoms with Crippen molar-refractivity contribution in [2.24, 2.45) is 0 Å². The predicted molar refractivity (Wildman–Crippen MR) is 103 cm³/mol. The number of nitrogens with zero attached hydrogens (tertiary/aromatic N) is 1. The van der Waals surface area contributed by atoms with Gasteiger partial charge in [0.1, 0.15) is 11.5 Å². The molecule has 1 heterocycles. The van der Waals surface area contributed by atoms with Gasteiger partial charge in [0, 0.05) is 18.2 Å². The van der Waals surface area contributed by atoms with Gasteiger partial charge in [-0.3, -0.25) is 9.69 Å². The molecule has 5 nitrogen and oxygen atoms in total. The van der Waals surface area contributed by atoms with E-state index < -0.39 is 0 Å². The first-order valence-electron chi connectivity index (χ1n) is 8.62. The molecular formula is C20H23ClN2O3. The topological polar surface area (TPSA) is 50.8 Å². The van der Waals surface area contributed by atoms with Crippen LogP contribution >= 0.6 is 11.6 Å². The second-order valence-electron chi connectivity index (χ2n) is 6.27. The van der Waals surface area contributed by atoms with E-state index in [9.17, 15) is 4.79 Å². The average Bonchev–Trinajstić information content (AvgIpc) is 3.11. The Hall–Kier alpha value is -2.24. The SMILES string of the molecule is COc1cc(NC(=O)CN2CCC[C@@H]2c2ccccc2)c(OC)cc1Cl. The maximum Gasteiger partial charge on any atom is 0.238 e. The zero-order valence-electron chi connectivity index (χ0n) is 15.0. The van der Waals surface area contributed by atoms with Crippen molar-refractivity contribution in [1.29, 1.82) is 0 Å². The van der Waals surface area contributed by atoms with Crippen LogP contribution in [0.5, 0.6) is 11.5 Å². The van der Waals surface area contributed by atoms with Crippen LogP contribution in [-0.4, -0.2) is 38.1 Å². The smallest absolute Gasteiger partial charge is 0.238 e. The van der Waals surface area contributed by atoms with Crippen LogP contribution in [0.15, 0.2) is 42.5 Å². The lowest BCUT2D eigenvalue weighted by Gasteiger charge is -2.24. The highest BCUT2D eigenvalue weighted by atomic mass is 35.5. The number of ether oxygens (including phenoxy) is 2. The molecule has 1 aliphatic rings.